The summed E-state index contributed by atoms with van der Waals surface area (Å²) in [5, 5.41) is 19.8. The molecule has 110 valence electrons. The average Bonchev–Trinajstić information content (AvgIpc) is 3.05. The van der Waals surface area contributed by atoms with Gasteiger partial charge < -0.3 is 11.1 Å². The third kappa shape index (κ3) is 2.83. The Kier molecular flexibility index (Phi) is 3.88. The zero-order chi connectivity index (χ0) is 15.4. The molecule has 0 spiro atoms. The minimum atomic E-state index is 0.469. The van der Waals surface area contributed by atoms with Gasteiger partial charge in [-0.15, -0.1) is 0 Å². The van der Waals surface area contributed by atoms with Crippen LogP contribution in [0.5, 0.6) is 0 Å². The molecule has 3 rings (SSSR count). The molecular weight excluding hydrogens is 276 g/mol. The van der Waals surface area contributed by atoms with Crippen molar-refractivity contribution in [2.75, 3.05) is 17.6 Å². The summed E-state index contributed by atoms with van der Waals surface area (Å²) in [6.45, 7) is 0.731. The second-order valence-corrected chi connectivity index (χ2v) is 4.99. The second-order valence-electron chi connectivity index (χ2n) is 4.99. The second kappa shape index (κ2) is 6.14. The first-order chi connectivity index (χ1) is 10.8. The number of nitrogens with zero attached hydrogens (tertiary/aromatic N) is 3. The molecule has 4 N–H and O–H groups in total. The number of hydrogen-bond acceptors (Lipinski definition) is 5. The molecule has 2 heterocycles. The van der Waals surface area contributed by atoms with Gasteiger partial charge in [-0.25, -0.2) is 4.98 Å². The Morgan fingerprint density at radius 1 is 1.27 bits per heavy atom. The molecule has 3 aromatic rings. The number of nitriles is 1. The number of nitrogens with one attached hydrogen (secondary N) is 2. The highest BCUT2D eigenvalue weighted by Crippen LogP contribution is 2.28. The smallest absolute Gasteiger partial charge is 0.126 e. The highest BCUT2D eigenvalue weighted by Gasteiger charge is 2.07. The minimum Gasteiger partial charge on any atom is -0.384 e. The predicted octanol–water partition coefficient (Wildman–Crippen LogP) is 2.92. The van der Waals surface area contributed by atoms with Crippen LogP contribution >= 0.6 is 0 Å². The minimum absolute atomic E-state index is 0.469. The molecule has 0 aliphatic rings. The standard InChI is InChI=1S/C16H16N6/c17-6-1-2-7-19-14-10-16(18)21-15-9-11(3-4-12(14)15)13-5-8-20-22-13/h3-5,8-10H,1-2,7H2,(H,20,22)(H3,18,19,21). The van der Waals surface area contributed by atoms with E-state index in [-0.39, 0.29) is 0 Å². The van der Waals surface area contributed by atoms with E-state index in [0.29, 0.717) is 12.2 Å². The van der Waals surface area contributed by atoms with Crippen molar-refractivity contribution in [1.29, 1.82) is 5.26 Å². The van der Waals surface area contributed by atoms with E-state index >= 15 is 0 Å². The fourth-order valence-corrected chi connectivity index (χ4v) is 2.37. The van der Waals surface area contributed by atoms with Gasteiger partial charge in [-0.1, -0.05) is 12.1 Å². The molecule has 0 atom stereocenters. The molecule has 0 aliphatic carbocycles. The van der Waals surface area contributed by atoms with Gasteiger partial charge in [-0.2, -0.15) is 10.4 Å². The zero-order valence-corrected chi connectivity index (χ0v) is 12.0. The van der Waals surface area contributed by atoms with Gasteiger partial charge in [0.05, 0.1) is 17.3 Å². The number of rotatable bonds is 5. The molecule has 0 aliphatic heterocycles. The molecule has 0 saturated heterocycles. The Balaban J connectivity index is 1.94. The van der Waals surface area contributed by atoms with Crippen LogP contribution in [0.1, 0.15) is 12.8 Å². The van der Waals surface area contributed by atoms with Crippen LogP contribution in [0.2, 0.25) is 0 Å². The monoisotopic (exact) mass is 292 g/mol. The molecule has 0 fully saturated rings. The van der Waals surface area contributed by atoms with Gasteiger partial charge in [-0.3, -0.25) is 5.10 Å². The fraction of sp³-hybridized carbons (Fsp3) is 0.188. The Morgan fingerprint density at radius 3 is 2.95 bits per heavy atom. The lowest BCUT2D eigenvalue weighted by Gasteiger charge is -2.11. The summed E-state index contributed by atoms with van der Waals surface area (Å²) in [7, 11) is 0. The van der Waals surface area contributed by atoms with Crippen molar-refractivity contribution in [3.05, 3.63) is 36.5 Å². The fourth-order valence-electron chi connectivity index (χ4n) is 2.37. The molecule has 6 nitrogen and oxygen atoms in total. The van der Waals surface area contributed by atoms with E-state index in [0.717, 1.165) is 40.8 Å². The van der Waals surface area contributed by atoms with Gasteiger partial charge in [0, 0.05) is 41.9 Å². The lowest BCUT2D eigenvalue weighted by molar-refractivity contribution is 0.898. The Morgan fingerprint density at radius 2 is 2.18 bits per heavy atom. The molecule has 0 unspecified atom stereocenters. The highest BCUT2D eigenvalue weighted by molar-refractivity contribution is 5.95. The average molecular weight is 292 g/mol. The normalized spacial score (nSPS) is 10.5. The van der Waals surface area contributed by atoms with Gasteiger partial charge >= 0.3 is 0 Å². The summed E-state index contributed by atoms with van der Waals surface area (Å²) < 4.78 is 0. The molecule has 22 heavy (non-hydrogen) atoms. The van der Waals surface area contributed by atoms with Crippen LogP contribution in [-0.4, -0.2) is 21.7 Å². The number of aromatic amines is 1. The molecular formula is C16H16N6. The summed E-state index contributed by atoms with van der Waals surface area (Å²) >= 11 is 0. The molecule has 2 aromatic heterocycles. The van der Waals surface area contributed by atoms with Gasteiger partial charge in [-0.05, 0) is 18.6 Å². The van der Waals surface area contributed by atoms with E-state index in [9.17, 15) is 0 Å². The lowest BCUT2D eigenvalue weighted by atomic mass is 10.1. The molecule has 0 bridgehead atoms. The topological polar surface area (TPSA) is 103 Å². The predicted molar refractivity (Wildman–Crippen MR) is 87.1 cm³/mol. The number of hydrogen-bond donors (Lipinski definition) is 3. The van der Waals surface area contributed by atoms with Crippen molar-refractivity contribution in [1.82, 2.24) is 15.2 Å². The zero-order valence-electron chi connectivity index (χ0n) is 12.0. The van der Waals surface area contributed by atoms with E-state index in [4.69, 9.17) is 11.0 Å². The quantitative estimate of drug-likeness (QED) is 0.627. The van der Waals surface area contributed by atoms with Crippen molar-refractivity contribution in [2.45, 2.75) is 12.8 Å². The van der Waals surface area contributed by atoms with Crippen LogP contribution in [0.3, 0.4) is 0 Å². The van der Waals surface area contributed by atoms with E-state index in [1.54, 1.807) is 6.20 Å². The summed E-state index contributed by atoms with van der Waals surface area (Å²) in [5.74, 6) is 0.469. The number of nitrogens with two attached hydrogens (primary N) is 1. The van der Waals surface area contributed by atoms with Crippen LogP contribution in [0, 0.1) is 11.3 Å². The summed E-state index contributed by atoms with van der Waals surface area (Å²) in [5.41, 5.74) is 9.62. The van der Waals surface area contributed by atoms with E-state index in [2.05, 4.69) is 26.6 Å². The molecule has 6 heteroatoms. The summed E-state index contributed by atoms with van der Waals surface area (Å²) in [6.07, 6.45) is 3.05. The summed E-state index contributed by atoms with van der Waals surface area (Å²) in [6, 6.07) is 11.9. The number of nitrogen functional groups attached to an aromatic ring is 1. The summed E-state index contributed by atoms with van der Waals surface area (Å²) in [4.78, 5) is 4.40. The number of anilines is 2. The number of fused-ring (bicyclic) bond motifs is 1. The van der Waals surface area contributed by atoms with Crippen LogP contribution < -0.4 is 11.1 Å². The van der Waals surface area contributed by atoms with Gasteiger partial charge in [0.25, 0.3) is 0 Å². The van der Waals surface area contributed by atoms with Crippen molar-refractivity contribution in [3.63, 3.8) is 0 Å². The first-order valence-electron chi connectivity index (χ1n) is 7.09. The van der Waals surface area contributed by atoms with Gasteiger partial charge in [0.2, 0.25) is 0 Å². The molecule has 0 radical (unpaired) electrons. The Hall–Kier alpha value is -3.07. The Labute approximate surface area is 128 Å². The SMILES string of the molecule is N#CCCCNc1cc(N)nc2cc(-c3ccn[nH]3)ccc12. The third-order valence-electron chi connectivity index (χ3n) is 3.42. The Bertz CT molecular complexity index is 817. The van der Waals surface area contributed by atoms with E-state index in [1.807, 2.05) is 30.3 Å². The lowest BCUT2D eigenvalue weighted by Crippen LogP contribution is -2.03. The maximum Gasteiger partial charge on any atom is 0.126 e. The number of H-pyrrole nitrogens is 1. The number of unbranched alkanes of at least 4 members (excludes halogenated alkanes) is 1. The van der Waals surface area contributed by atoms with Crippen molar-refractivity contribution in [3.8, 4) is 17.3 Å². The van der Waals surface area contributed by atoms with Crippen LogP contribution in [0.15, 0.2) is 36.5 Å². The maximum absolute atomic E-state index is 8.58. The molecule has 1 aromatic carbocycles. The molecule has 0 amide bonds. The van der Waals surface area contributed by atoms with Crippen LogP contribution in [0.4, 0.5) is 11.5 Å². The van der Waals surface area contributed by atoms with Crippen molar-refractivity contribution in [2.24, 2.45) is 0 Å². The van der Waals surface area contributed by atoms with Gasteiger partial charge in [0.15, 0.2) is 0 Å². The van der Waals surface area contributed by atoms with Crippen LogP contribution in [0.25, 0.3) is 22.2 Å². The molecule has 0 saturated carbocycles. The van der Waals surface area contributed by atoms with E-state index in [1.165, 1.54) is 0 Å². The number of benzene rings is 1. The highest BCUT2D eigenvalue weighted by atomic mass is 15.1. The maximum atomic E-state index is 8.58. The largest absolute Gasteiger partial charge is 0.384 e. The number of aromatic nitrogens is 3. The van der Waals surface area contributed by atoms with Crippen LogP contribution in [-0.2, 0) is 0 Å². The van der Waals surface area contributed by atoms with Crippen molar-refractivity contribution < 1.29 is 0 Å². The number of pyridine rings is 1. The van der Waals surface area contributed by atoms with Gasteiger partial charge in [0.1, 0.15) is 5.82 Å². The van der Waals surface area contributed by atoms with E-state index < -0.39 is 0 Å². The third-order valence-corrected chi connectivity index (χ3v) is 3.42. The first-order valence-corrected chi connectivity index (χ1v) is 7.09. The first kappa shape index (κ1) is 13.9. The van der Waals surface area contributed by atoms with Crippen molar-refractivity contribution >= 4 is 22.4 Å².